The lowest BCUT2D eigenvalue weighted by Gasteiger charge is -2.24. The minimum absolute atomic E-state index is 0.134. The average molecular weight is 312 g/mol. The van der Waals surface area contributed by atoms with Crippen LogP contribution in [0.4, 0.5) is 10.7 Å². The molecule has 1 aliphatic heterocycles. The lowest BCUT2D eigenvalue weighted by Crippen LogP contribution is -2.48. The molecule has 1 aromatic rings. The quantitative estimate of drug-likeness (QED) is 0.550. The Morgan fingerprint density at radius 3 is 2.77 bits per heavy atom. The number of hydrogen-bond acceptors (Lipinski definition) is 7. The van der Waals surface area contributed by atoms with E-state index in [2.05, 4.69) is 31.6 Å². The smallest absolute Gasteiger partial charge is 0.333 e. The van der Waals surface area contributed by atoms with Crippen LogP contribution in [0, 0.1) is 0 Å². The number of carbonyl (C=O) groups is 2. The van der Waals surface area contributed by atoms with Gasteiger partial charge in [0.2, 0.25) is 0 Å². The maximum atomic E-state index is 11.7. The average Bonchev–Trinajstić information content (AvgIpc) is 3.00. The van der Waals surface area contributed by atoms with Crippen molar-refractivity contribution in [2.24, 2.45) is 0 Å². The van der Waals surface area contributed by atoms with Gasteiger partial charge in [-0.2, -0.15) is 4.80 Å². The Hall–Kier alpha value is -2.43. The van der Waals surface area contributed by atoms with E-state index >= 15 is 0 Å². The third-order valence-corrected chi connectivity index (χ3v) is 2.87. The SMILES string of the molecule is CCCNC(=O)NNC(=O)Cn1nnc(N2CCOCC2)n1. The van der Waals surface area contributed by atoms with Crippen LogP contribution in [0.3, 0.4) is 0 Å². The number of urea groups is 1. The first kappa shape index (κ1) is 15.9. The van der Waals surface area contributed by atoms with Crippen LogP contribution >= 0.6 is 0 Å². The highest BCUT2D eigenvalue weighted by Crippen LogP contribution is 2.06. The molecule has 11 heteroatoms. The number of tetrazole rings is 1. The summed E-state index contributed by atoms with van der Waals surface area (Å²) in [6, 6.07) is -0.462. The van der Waals surface area contributed by atoms with Crippen molar-refractivity contribution < 1.29 is 14.3 Å². The van der Waals surface area contributed by atoms with Crippen LogP contribution in [0.5, 0.6) is 0 Å². The molecule has 0 aliphatic carbocycles. The van der Waals surface area contributed by atoms with Crippen molar-refractivity contribution in [1.82, 2.24) is 36.4 Å². The van der Waals surface area contributed by atoms with Crippen molar-refractivity contribution in [3.05, 3.63) is 0 Å². The number of amides is 3. The van der Waals surface area contributed by atoms with Gasteiger partial charge in [0.1, 0.15) is 6.54 Å². The van der Waals surface area contributed by atoms with Gasteiger partial charge in [0.25, 0.3) is 11.9 Å². The van der Waals surface area contributed by atoms with Gasteiger partial charge < -0.3 is 15.0 Å². The van der Waals surface area contributed by atoms with Gasteiger partial charge in [-0.3, -0.25) is 10.2 Å². The molecular weight excluding hydrogens is 292 g/mol. The standard InChI is InChI=1S/C11H20N8O3/c1-2-3-12-11(21)15-13-9(20)8-19-16-10(14-17-19)18-4-6-22-7-5-18/h2-8H2,1H3,(H,13,20)(H2,12,15,21). The second-order valence-corrected chi connectivity index (χ2v) is 4.65. The number of hydrogen-bond donors (Lipinski definition) is 3. The van der Waals surface area contributed by atoms with E-state index in [9.17, 15) is 9.59 Å². The van der Waals surface area contributed by atoms with E-state index in [1.165, 1.54) is 4.80 Å². The van der Waals surface area contributed by atoms with Gasteiger partial charge >= 0.3 is 6.03 Å². The van der Waals surface area contributed by atoms with Gasteiger partial charge in [0, 0.05) is 19.6 Å². The van der Waals surface area contributed by atoms with Crippen LogP contribution in [0.2, 0.25) is 0 Å². The van der Waals surface area contributed by atoms with Gasteiger partial charge in [-0.15, -0.1) is 5.10 Å². The summed E-state index contributed by atoms with van der Waals surface area (Å²) in [6.07, 6.45) is 0.814. The Morgan fingerprint density at radius 1 is 1.27 bits per heavy atom. The number of anilines is 1. The van der Waals surface area contributed by atoms with Crippen molar-refractivity contribution in [3.8, 4) is 0 Å². The molecule has 3 amide bonds. The van der Waals surface area contributed by atoms with E-state index in [1.807, 2.05) is 11.8 Å². The van der Waals surface area contributed by atoms with Crippen LogP contribution in [-0.2, 0) is 16.1 Å². The number of nitrogens with zero attached hydrogens (tertiary/aromatic N) is 5. The fourth-order valence-corrected chi connectivity index (χ4v) is 1.77. The summed E-state index contributed by atoms with van der Waals surface area (Å²) in [7, 11) is 0. The summed E-state index contributed by atoms with van der Waals surface area (Å²) in [5.74, 6) is 0.0160. The molecule has 0 unspecified atom stereocenters. The molecule has 122 valence electrons. The molecule has 0 saturated carbocycles. The minimum Gasteiger partial charge on any atom is -0.378 e. The van der Waals surface area contributed by atoms with E-state index in [1.54, 1.807) is 0 Å². The van der Waals surface area contributed by atoms with Crippen molar-refractivity contribution in [1.29, 1.82) is 0 Å². The molecule has 2 rings (SSSR count). The summed E-state index contributed by atoms with van der Waals surface area (Å²) in [5, 5.41) is 14.4. The Morgan fingerprint density at radius 2 is 2.05 bits per heavy atom. The van der Waals surface area contributed by atoms with E-state index < -0.39 is 11.9 Å². The molecule has 0 bridgehead atoms. The Balaban J connectivity index is 1.74. The van der Waals surface area contributed by atoms with Crippen molar-refractivity contribution in [3.63, 3.8) is 0 Å². The molecule has 1 saturated heterocycles. The fourth-order valence-electron chi connectivity index (χ4n) is 1.77. The highest BCUT2D eigenvalue weighted by atomic mass is 16.5. The van der Waals surface area contributed by atoms with Crippen LogP contribution in [0.1, 0.15) is 13.3 Å². The van der Waals surface area contributed by atoms with Gasteiger partial charge in [-0.05, 0) is 11.6 Å². The van der Waals surface area contributed by atoms with E-state index in [0.717, 1.165) is 6.42 Å². The third-order valence-electron chi connectivity index (χ3n) is 2.87. The second kappa shape index (κ2) is 8.12. The summed E-state index contributed by atoms with van der Waals surface area (Å²) in [4.78, 5) is 26.0. The number of aromatic nitrogens is 4. The Kier molecular flexibility index (Phi) is 5.89. The zero-order valence-electron chi connectivity index (χ0n) is 12.4. The summed E-state index contributed by atoms with van der Waals surface area (Å²) in [6.45, 7) is 4.95. The monoisotopic (exact) mass is 312 g/mol. The molecule has 1 aliphatic rings. The molecular formula is C11H20N8O3. The van der Waals surface area contributed by atoms with Crippen molar-refractivity contribution in [2.75, 3.05) is 37.7 Å². The van der Waals surface area contributed by atoms with Crippen LogP contribution in [-0.4, -0.2) is 65.0 Å². The van der Waals surface area contributed by atoms with E-state index in [-0.39, 0.29) is 6.54 Å². The van der Waals surface area contributed by atoms with E-state index in [0.29, 0.717) is 38.8 Å². The number of rotatable bonds is 5. The van der Waals surface area contributed by atoms with Crippen LogP contribution in [0.25, 0.3) is 0 Å². The zero-order valence-corrected chi connectivity index (χ0v) is 12.4. The predicted octanol–water partition coefficient (Wildman–Crippen LogP) is -1.75. The molecule has 0 aromatic carbocycles. The normalized spacial score (nSPS) is 14.5. The lowest BCUT2D eigenvalue weighted by atomic mass is 10.4. The fraction of sp³-hybridized carbons (Fsp3) is 0.727. The topological polar surface area (TPSA) is 126 Å². The molecule has 1 aromatic heterocycles. The van der Waals surface area contributed by atoms with Gasteiger partial charge in [0.05, 0.1) is 13.2 Å². The molecule has 0 radical (unpaired) electrons. The first-order valence-electron chi connectivity index (χ1n) is 7.12. The van der Waals surface area contributed by atoms with Gasteiger partial charge in [-0.25, -0.2) is 10.2 Å². The molecule has 0 spiro atoms. The molecule has 0 atom stereocenters. The zero-order chi connectivity index (χ0) is 15.8. The number of nitrogens with one attached hydrogen (secondary N) is 3. The van der Waals surface area contributed by atoms with Gasteiger partial charge in [0.15, 0.2) is 0 Å². The largest absolute Gasteiger partial charge is 0.378 e. The number of ether oxygens (including phenoxy) is 1. The highest BCUT2D eigenvalue weighted by molar-refractivity contribution is 5.80. The predicted molar refractivity (Wildman–Crippen MR) is 75.8 cm³/mol. The number of morpholine rings is 1. The molecule has 1 fully saturated rings. The van der Waals surface area contributed by atoms with Crippen LogP contribution in [0.15, 0.2) is 0 Å². The second-order valence-electron chi connectivity index (χ2n) is 4.65. The summed E-state index contributed by atoms with van der Waals surface area (Å²) in [5.41, 5.74) is 4.51. The highest BCUT2D eigenvalue weighted by Gasteiger charge is 2.16. The first-order chi connectivity index (χ1) is 10.7. The molecule has 11 nitrogen and oxygen atoms in total. The van der Waals surface area contributed by atoms with Crippen molar-refractivity contribution in [2.45, 2.75) is 19.9 Å². The maximum Gasteiger partial charge on any atom is 0.333 e. The molecule has 22 heavy (non-hydrogen) atoms. The molecule has 3 N–H and O–H groups in total. The first-order valence-corrected chi connectivity index (χ1v) is 7.12. The lowest BCUT2D eigenvalue weighted by molar-refractivity contribution is -0.122. The summed E-state index contributed by atoms with van der Waals surface area (Å²) < 4.78 is 5.24. The number of hydrazine groups is 1. The maximum absolute atomic E-state index is 11.7. The van der Waals surface area contributed by atoms with Gasteiger partial charge in [-0.1, -0.05) is 12.0 Å². The summed E-state index contributed by atoms with van der Waals surface area (Å²) >= 11 is 0. The third kappa shape index (κ3) is 4.84. The minimum atomic E-state index is -0.462. The Bertz CT molecular complexity index is 499. The van der Waals surface area contributed by atoms with Crippen molar-refractivity contribution >= 4 is 17.9 Å². The van der Waals surface area contributed by atoms with E-state index in [4.69, 9.17) is 4.74 Å². The Labute approximate surface area is 127 Å². The molecule has 2 heterocycles. The van der Waals surface area contributed by atoms with Crippen LogP contribution < -0.4 is 21.1 Å². The number of carbonyl (C=O) groups excluding carboxylic acids is 2.